The summed E-state index contributed by atoms with van der Waals surface area (Å²) in [6.07, 6.45) is 1.84. The minimum Gasteiger partial charge on any atom is -0.487 e. The van der Waals surface area contributed by atoms with Gasteiger partial charge in [-0.05, 0) is 44.4 Å². The molecule has 1 aromatic carbocycles. The molecule has 20 heavy (non-hydrogen) atoms. The lowest BCUT2D eigenvalue weighted by molar-refractivity contribution is -0.143. The van der Waals surface area contributed by atoms with Crippen molar-refractivity contribution in [3.05, 3.63) is 29.3 Å². The highest BCUT2D eigenvalue weighted by atomic mass is 16.5. The molecule has 2 N–H and O–H groups in total. The Labute approximate surface area is 120 Å². The van der Waals surface area contributed by atoms with Gasteiger partial charge in [0.05, 0.1) is 6.61 Å². The van der Waals surface area contributed by atoms with Crippen molar-refractivity contribution in [1.82, 2.24) is 0 Å². The highest BCUT2D eigenvalue weighted by Crippen LogP contribution is 2.36. The molecule has 1 aliphatic rings. The smallest absolute Gasteiger partial charge is 0.305 e. The average molecular weight is 277 g/mol. The number of hydrogen-bond donors (Lipinski definition) is 1. The van der Waals surface area contributed by atoms with E-state index in [0.717, 1.165) is 17.7 Å². The third kappa shape index (κ3) is 3.51. The lowest BCUT2D eigenvalue weighted by atomic mass is 9.96. The van der Waals surface area contributed by atoms with Crippen LogP contribution in [-0.2, 0) is 16.0 Å². The molecule has 0 radical (unpaired) electrons. The Morgan fingerprint density at radius 2 is 2.25 bits per heavy atom. The molecule has 4 heteroatoms. The summed E-state index contributed by atoms with van der Waals surface area (Å²) in [5.74, 6) is 0.755. The van der Waals surface area contributed by atoms with Crippen molar-refractivity contribution in [2.45, 2.75) is 51.7 Å². The summed E-state index contributed by atoms with van der Waals surface area (Å²) >= 11 is 0. The van der Waals surface area contributed by atoms with Crippen molar-refractivity contribution < 1.29 is 14.3 Å². The second-order valence-electron chi connectivity index (χ2n) is 5.86. The third-order valence-corrected chi connectivity index (χ3v) is 3.48. The molecule has 0 saturated heterocycles. The van der Waals surface area contributed by atoms with Gasteiger partial charge in [-0.15, -0.1) is 0 Å². The summed E-state index contributed by atoms with van der Waals surface area (Å²) in [4.78, 5) is 11.4. The van der Waals surface area contributed by atoms with Crippen molar-refractivity contribution in [3.8, 4) is 5.75 Å². The Morgan fingerprint density at radius 1 is 1.50 bits per heavy atom. The monoisotopic (exact) mass is 277 g/mol. The predicted molar refractivity (Wildman–Crippen MR) is 77.6 cm³/mol. The molecule has 0 amide bonds. The van der Waals surface area contributed by atoms with Crippen LogP contribution in [0, 0.1) is 0 Å². The Bertz CT molecular complexity index is 496. The first-order chi connectivity index (χ1) is 9.41. The van der Waals surface area contributed by atoms with Gasteiger partial charge in [0.15, 0.2) is 0 Å². The first-order valence-electron chi connectivity index (χ1n) is 7.14. The second-order valence-corrected chi connectivity index (χ2v) is 5.86. The van der Waals surface area contributed by atoms with E-state index < -0.39 is 0 Å². The number of carbonyl (C=O) groups is 1. The molecule has 1 heterocycles. The molecule has 0 saturated carbocycles. The van der Waals surface area contributed by atoms with Crippen LogP contribution in [0.1, 0.15) is 50.8 Å². The zero-order valence-corrected chi connectivity index (χ0v) is 12.4. The normalized spacial score (nSPS) is 17.2. The number of ether oxygens (including phenoxy) is 2. The molecule has 2 rings (SSSR count). The van der Waals surface area contributed by atoms with Gasteiger partial charge in [-0.3, -0.25) is 4.79 Å². The van der Waals surface area contributed by atoms with Crippen LogP contribution in [0.3, 0.4) is 0 Å². The summed E-state index contributed by atoms with van der Waals surface area (Å²) < 4.78 is 10.8. The number of fused-ring (bicyclic) bond motifs is 1. The van der Waals surface area contributed by atoms with E-state index in [1.165, 1.54) is 5.56 Å². The molecule has 0 aromatic heterocycles. The van der Waals surface area contributed by atoms with Gasteiger partial charge in [-0.25, -0.2) is 0 Å². The largest absolute Gasteiger partial charge is 0.487 e. The maximum absolute atomic E-state index is 11.4. The summed E-state index contributed by atoms with van der Waals surface area (Å²) in [5, 5.41) is 0. The second kappa shape index (κ2) is 5.83. The van der Waals surface area contributed by atoms with E-state index >= 15 is 0 Å². The predicted octanol–water partition coefficient (Wildman–Crippen LogP) is 2.74. The van der Waals surface area contributed by atoms with Crippen LogP contribution < -0.4 is 10.5 Å². The summed E-state index contributed by atoms with van der Waals surface area (Å²) in [6, 6.07) is 5.91. The molecule has 1 unspecified atom stereocenters. The van der Waals surface area contributed by atoms with Crippen LogP contribution in [0.5, 0.6) is 5.75 Å². The molecular weight excluding hydrogens is 254 g/mol. The van der Waals surface area contributed by atoms with Gasteiger partial charge in [0, 0.05) is 18.9 Å². The molecular formula is C16H23NO3. The maximum Gasteiger partial charge on any atom is 0.305 e. The number of carbonyl (C=O) groups excluding carboxylic acids is 1. The van der Waals surface area contributed by atoms with Crippen molar-refractivity contribution >= 4 is 5.97 Å². The zero-order valence-electron chi connectivity index (χ0n) is 12.4. The highest BCUT2D eigenvalue weighted by molar-refractivity contribution is 5.69. The Morgan fingerprint density at radius 3 is 2.95 bits per heavy atom. The molecule has 0 spiro atoms. The first kappa shape index (κ1) is 14.9. The molecule has 0 fully saturated rings. The van der Waals surface area contributed by atoms with Crippen molar-refractivity contribution in [2.75, 3.05) is 6.61 Å². The summed E-state index contributed by atoms with van der Waals surface area (Å²) in [6.45, 7) is 6.38. The van der Waals surface area contributed by atoms with E-state index in [1.807, 2.05) is 12.1 Å². The standard InChI is InChI=1S/C16H23NO3/c1-4-19-15(18)8-6-13(17)11-5-7-14-12(9-11)10-16(2,3)20-14/h5,7,9,13H,4,6,8,10,17H2,1-3H3. The number of nitrogens with two attached hydrogens (primary N) is 1. The summed E-state index contributed by atoms with van der Waals surface area (Å²) in [7, 11) is 0. The molecule has 0 aliphatic carbocycles. The minimum absolute atomic E-state index is 0.143. The zero-order chi connectivity index (χ0) is 14.8. The molecule has 1 aromatic rings. The molecule has 1 atom stereocenters. The number of rotatable bonds is 5. The van der Waals surface area contributed by atoms with Gasteiger partial charge in [-0.1, -0.05) is 12.1 Å². The molecule has 110 valence electrons. The van der Waals surface area contributed by atoms with E-state index in [4.69, 9.17) is 15.2 Å². The van der Waals surface area contributed by atoms with Gasteiger partial charge in [-0.2, -0.15) is 0 Å². The number of hydrogen-bond acceptors (Lipinski definition) is 4. The Hall–Kier alpha value is -1.55. The lowest BCUT2D eigenvalue weighted by Crippen LogP contribution is -2.24. The minimum atomic E-state index is -0.187. The molecule has 4 nitrogen and oxygen atoms in total. The highest BCUT2D eigenvalue weighted by Gasteiger charge is 2.30. The van der Waals surface area contributed by atoms with Gasteiger partial charge in [0.25, 0.3) is 0 Å². The fourth-order valence-electron chi connectivity index (χ4n) is 2.53. The Kier molecular flexibility index (Phi) is 4.33. The average Bonchev–Trinajstić information content (AvgIpc) is 2.68. The van der Waals surface area contributed by atoms with Crippen molar-refractivity contribution in [3.63, 3.8) is 0 Å². The van der Waals surface area contributed by atoms with Crippen molar-refractivity contribution in [2.24, 2.45) is 5.73 Å². The van der Waals surface area contributed by atoms with Gasteiger partial charge >= 0.3 is 5.97 Å². The van der Waals surface area contributed by atoms with E-state index in [0.29, 0.717) is 19.4 Å². The maximum atomic E-state index is 11.4. The van der Waals surface area contributed by atoms with Crippen LogP contribution in [-0.4, -0.2) is 18.2 Å². The van der Waals surface area contributed by atoms with Gasteiger partial charge in [0.1, 0.15) is 11.4 Å². The van der Waals surface area contributed by atoms with E-state index in [1.54, 1.807) is 6.92 Å². The fourth-order valence-corrected chi connectivity index (χ4v) is 2.53. The third-order valence-electron chi connectivity index (χ3n) is 3.48. The fraction of sp³-hybridized carbons (Fsp3) is 0.562. The molecule has 1 aliphatic heterocycles. The van der Waals surface area contributed by atoms with Gasteiger partial charge in [0.2, 0.25) is 0 Å². The lowest BCUT2D eigenvalue weighted by Gasteiger charge is -2.16. The van der Waals surface area contributed by atoms with Crippen LogP contribution in [0.4, 0.5) is 0 Å². The van der Waals surface area contributed by atoms with E-state index in [9.17, 15) is 4.79 Å². The molecule has 0 bridgehead atoms. The number of esters is 1. The van der Waals surface area contributed by atoms with Crippen LogP contribution in [0.2, 0.25) is 0 Å². The summed E-state index contributed by atoms with van der Waals surface area (Å²) in [5.41, 5.74) is 8.25. The topological polar surface area (TPSA) is 61.5 Å². The van der Waals surface area contributed by atoms with Crippen LogP contribution in [0.15, 0.2) is 18.2 Å². The van der Waals surface area contributed by atoms with Crippen LogP contribution in [0.25, 0.3) is 0 Å². The number of benzene rings is 1. The van der Waals surface area contributed by atoms with Gasteiger partial charge < -0.3 is 15.2 Å². The van der Waals surface area contributed by atoms with E-state index in [2.05, 4.69) is 19.9 Å². The quantitative estimate of drug-likeness (QED) is 0.841. The van der Waals surface area contributed by atoms with E-state index in [-0.39, 0.29) is 17.6 Å². The van der Waals surface area contributed by atoms with Crippen molar-refractivity contribution in [1.29, 1.82) is 0 Å². The van der Waals surface area contributed by atoms with Crippen LogP contribution >= 0.6 is 0 Å². The SMILES string of the molecule is CCOC(=O)CCC(N)c1ccc2c(c1)CC(C)(C)O2. The Balaban J connectivity index is 1.99. The first-order valence-corrected chi connectivity index (χ1v) is 7.14.